The average Bonchev–Trinajstić information content (AvgIpc) is 2.04. The van der Waals surface area contributed by atoms with Crippen LogP contribution in [0.3, 0.4) is 0 Å². The number of hydrogen-bond acceptors (Lipinski definition) is 3. The van der Waals surface area contributed by atoms with E-state index < -0.39 is 6.16 Å². The number of allylic oxidation sites excluding steroid dienone is 1. The van der Waals surface area contributed by atoms with Crippen molar-refractivity contribution in [2.75, 3.05) is 7.11 Å². The lowest BCUT2D eigenvalue weighted by Crippen LogP contribution is -1.97. The van der Waals surface area contributed by atoms with Gasteiger partial charge in [0.05, 0.1) is 13.4 Å². The molecular formula is C8H14O3. The van der Waals surface area contributed by atoms with Crippen LogP contribution in [0.15, 0.2) is 12.3 Å². The minimum absolute atomic E-state index is 0.669. The van der Waals surface area contributed by atoms with Gasteiger partial charge in [-0.1, -0.05) is 13.3 Å². The molecule has 0 amide bonds. The van der Waals surface area contributed by atoms with Gasteiger partial charge in [-0.2, -0.15) is 0 Å². The zero-order valence-corrected chi connectivity index (χ0v) is 7.00. The summed E-state index contributed by atoms with van der Waals surface area (Å²) in [5.41, 5.74) is 0. The number of carbonyl (C=O) groups is 1. The normalized spacial score (nSPS) is 10.0. The highest BCUT2D eigenvalue weighted by Gasteiger charge is 1.93. The molecule has 0 radical (unpaired) electrons. The van der Waals surface area contributed by atoms with Gasteiger partial charge >= 0.3 is 6.16 Å². The van der Waals surface area contributed by atoms with E-state index >= 15 is 0 Å². The lowest BCUT2D eigenvalue weighted by Gasteiger charge is -1.94. The predicted molar refractivity (Wildman–Crippen MR) is 42.2 cm³/mol. The van der Waals surface area contributed by atoms with Crippen LogP contribution in [0.1, 0.15) is 26.2 Å². The van der Waals surface area contributed by atoms with Crippen molar-refractivity contribution < 1.29 is 14.3 Å². The zero-order valence-electron chi connectivity index (χ0n) is 7.00. The van der Waals surface area contributed by atoms with Crippen LogP contribution in [0, 0.1) is 0 Å². The van der Waals surface area contributed by atoms with Crippen LogP contribution >= 0.6 is 0 Å². The fraction of sp³-hybridized carbons (Fsp3) is 0.625. The van der Waals surface area contributed by atoms with Gasteiger partial charge < -0.3 is 9.47 Å². The van der Waals surface area contributed by atoms with E-state index in [4.69, 9.17) is 0 Å². The van der Waals surface area contributed by atoms with Crippen LogP contribution in [-0.2, 0) is 9.47 Å². The largest absolute Gasteiger partial charge is 0.512 e. The molecule has 0 aliphatic rings. The van der Waals surface area contributed by atoms with Crippen molar-refractivity contribution in [2.24, 2.45) is 0 Å². The van der Waals surface area contributed by atoms with Gasteiger partial charge in [-0.25, -0.2) is 4.79 Å². The molecule has 64 valence electrons. The van der Waals surface area contributed by atoms with Crippen LogP contribution in [-0.4, -0.2) is 13.3 Å². The van der Waals surface area contributed by atoms with Crippen LogP contribution in [0.25, 0.3) is 0 Å². The van der Waals surface area contributed by atoms with Crippen LogP contribution in [0.2, 0.25) is 0 Å². The highest BCUT2D eigenvalue weighted by atomic mass is 16.7. The molecule has 0 aliphatic carbocycles. The molecule has 0 spiro atoms. The Morgan fingerprint density at radius 3 is 2.82 bits per heavy atom. The first kappa shape index (κ1) is 10.0. The molecule has 0 bridgehead atoms. The third kappa shape index (κ3) is 6.90. The Bertz CT molecular complexity index is 129. The first-order valence-electron chi connectivity index (χ1n) is 3.71. The second-order valence-corrected chi connectivity index (χ2v) is 2.09. The molecule has 0 rings (SSSR count). The van der Waals surface area contributed by atoms with Crippen molar-refractivity contribution in [3.05, 3.63) is 12.3 Å². The number of carbonyl (C=O) groups excluding carboxylic acids is 1. The Morgan fingerprint density at radius 1 is 1.55 bits per heavy atom. The molecule has 3 nitrogen and oxygen atoms in total. The summed E-state index contributed by atoms with van der Waals surface area (Å²) >= 11 is 0. The highest BCUT2D eigenvalue weighted by Crippen LogP contribution is 1.95. The van der Waals surface area contributed by atoms with Crippen molar-refractivity contribution in [1.82, 2.24) is 0 Å². The maximum atomic E-state index is 10.3. The zero-order chi connectivity index (χ0) is 8.53. The lowest BCUT2D eigenvalue weighted by atomic mass is 10.2. The molecule has 0 saturated heterocycles. The Hall–Kier alpha value is -0.990. The third-order valence-electron chi connectivity index (χ3n) is 1.15. The third-order valence-corrected chi connectivity index (χ3v) is 1.15. The SMILES string of the molecule is CCCC/C=C/OC(=O)OC. The summed E-state index contributed by atoms with van der Waals surface area (Å²) in [6.07, 6.45) is 5.69. The molecule has 0 aliphatic heterocycles. The molecule has 0 aromatic carbocycles. The van der Waals surface area contributed by atoms with E-state index in [1.54, 1.807) is 6.08 Å². The second kappa shape index (κ2) is 7.12. The minimum Gasteiger partial charge on any atom is -0.437 e. The number of unbranched alkanes of at least 4 members (excludes halogenated alkanes) is 2. The highest BCUT2D eigenvalue weighted by molar-refractivity contribution is 5.60. The van der Waals surface area contributed by atoms with Crippen molar-refractivity contribution in [3.8, 4) is 0 Å². The van der Waals surface area contributed by atoms with E-state index in [-0.39, 0.29) is 0 Å². The molecule has 0 saturated carbocycles. The summed E-state index contributed by atoms with van der Waals surface area (Å²) in [7, 11) is 1.28. The van der Waals surface area contributed by atoms with Crippen molar-refractivity contribution in [2.45, 2.75) is 26.2 Å². The lowest BCUT2D eigenvalue weighted by molar-refractivity contribution is 0.105. The van der Waals surface area contributed by atoms with Crippen LogP contribution in [0.4, 0.5) is 4.79 Å². The van der Waals surface area contributed by atoms with E-state index in [9.17, 15) is 4.79 Å². The summed E-state index contributed by atoms with van der Waals surface area (Å²) in [6.45, 7) is 2.11. The predicted octanol–water partition coefficient (Wildman–Crippen LogP) is 2.47. The first-order valence-corrected chi connectivity index (χ1v) is 3.71. The number of hydrogen-bond donors (Lipinski definition) is 0. The first-order chi connectivity index (χ1) is 5.31. The van der Waals surface area contributed by atoms with Crippen LogP contribution < -0.4 is 0 Å². The standard InChI is InChI=1S/C8H14O3/c1-3-4-5-6-7-11-8(9)10-2/h6-7H,3-5H2,1-2H3/b7-6+. The molecule has 0 fully saturated rings. The second-order valence-electron chi connectivity index (χ2n) is 2.09. The molecule has 11 heavy (non-hydrogen) atoms. The quantitative estimate of drug-likeness (QED) is 0.358. The van der Waals surface area contributed by atoms with E-state index in [2.05, 4.69) is 16.4 Å². The number of methoxy groups -OCH3 is 1. The summed E-state index contributed by atoms with van der Waals surface area (Å²) in [5, 5.41) is 0. The number of rotatable bonds is 4. The molecule has 0 unspecified atom stereocenters. The Kier molecular flexibility index (Phi) is 6.48. The maximum absolute atomic E-state index is 10.3. The molecular weight excluding hydrogens is 144 g/mol. The van der Waals surface area contributed by atoms with E-state index in [1.165, 1.54) is 13.4 Å². The van der Waals surface area contributed by atoms with E-state index in [0.717, 1.165) is 19.3 Å². The molecule has 0 heterocycles. The maximum Gasteiger partial charge on any atom is 0.512 e. The molecule has 0 atom stereocenters. The van der Waals surface area contributed by atoms with Gasteiger partial charge in [0.1, 0.15) is 0 Å². The Balaban J connectivity index is 3.22. The van der Waals surface area contributed by atoms with E-state index in [1.807, 2.05) is 0 Å². The monoisotopic (exact) mass is 158 g/mol. The Morgan fingerprint density at radius 2 is 2.27 bits per heavy atom. The molecule has 0 N–H and O–H groups in total. The fourth-order valence-corrected chi connectivity index (χ4v) is 0.542. The van der Waals surface area contributed by atoms with Crippen LogP contribution in [0.5, 0.6) is 0 Å². The summed E-state index contributed by atoms with van der Waals surface area (Å²) in [6, 6.07) is 0. The summed E-state index contributed by atoms with van der Waals surface area (Å²) in [5.74, 6) is 0. The van der Waals surface area contributed by atoms with Gasteiger partial charge in [0.25, 0.3) is 0 Å². The van der Waals surface area contributed by atoms with Gasteiger partial charge in [0.15, 0.2) is 0 Å². The smallest absolute Gasteiger partial charge is 0.437 e. The Labute approximate surface area is 67.0 Å². The van der Waals surface area contributed by atoms with Crippen molar-refractivity contribution in [1.29, 1.82) is 0 Å². The van der Waals surface area contributed by atoms with Crippen molar-refractivity contribution in [3.63, 3.8) is 0 Å². The number of ether oxygens (including phenoxy) is 2. The molecule has 0 aromatic heterocycles. The van der Waals surface area contributed by atoms with E-state index in [0.29, 0.717) is 0 Å². The summed E-state index contributed by atoms with van der Waals surface area (Å²) in [4.78, 5) is 10.3. The topological polar surface area (TPSA) is 35.5 Å². The van der Waals surface area contributed by atoms with Gasteiger partial charge in [-0.15, -0.1) is 0 Å². The van der Waals surface area contributed by atoms with Crippen molar-refractivity contribution >= 4 is 6.16 Å². The van der Waals surface area contributed by atoms with Gasteiger partial charge in [0, 0.05) is 0 Å². The summed E-state index contributed by atoms with van der Waals surface area (Å²) < 4.78 is 8.74. The van der Waals surface area contributed by atoms with Gasteiger partial charge in [-0.05, 0) is 18.9 Å². The fourth-order valence-electron chi connectivity index (χ4n) is 0.542. The van der Waals surface area contributed by atoms with Gasteiger partial charge in [0.2, 0.25) is 0 Å². The van der Waals surface area contributed by atoms with Gasteiger partial charge in [-0.3, -0.25) is 0 Å². The molecule has 3 heteroatoms. The molecule has 0 aromatic rings. The average molecular weight is 158 g/mol. The minimum atomic E-state index is -0.669.